The first-order valence-electron chi connectivity index (χ1n) is 16.4. The van der Waals surface area contributed by atoms with Gasteiger partial charge in [-0.2, -0.15) is 0 Å². The van der Waals surface area contributed by atoms with Gasteiger partial charge in [-0.3, -0.25) is 4.79 Å². The highest BCUT2D eigenvalue weighted by Gasteiger charge is 2.20. The summed E-state index contributed by atoms with van der Waals surface area (Å²) in [5.41, 5.74) is 6.89. The van der Waals surface area contributed by atoms with E-state index in [2.05, 4.69) is 73.9 Å². The number of aromatic nitrogens is 2. The zero-order valence-corrected chi connectivity index (χ0v) is 29.4. The van der Waals surface area contributed by atoms with Crippen LogP contribution in [0.1, 0.15) is 37.7 Å². The summed E-state index contributed by atoms with van der Waals surface area (Å²) < 4.78 is 5.18. The van der Waals surface area contributed by atoms with Crippen LogP contribution in [0.5, 0.6) is 0 Å². The van der Waals surface area contributed by atoms with E-state index in [-0.39, 0.29) is 25.4 Å². The van der Waals surface area contributed by atoms with Crippen LogP contribution in [0.3, 0.4) is 0 Å². The van der Waals surface area contributed by atoms with Crippen molar-refractivity contribution in [2.24, 2.45) is 0 Å². The van der Waals surface area contributed by atoms with Crippen molar-refractivity contribution < 1.29 is 24.2 Å². The molecule has 1 atom stereocenters. The molecule has 0 saturated heterocycles. The van der Waals surface area contributed by atoms with Crippen LogP contribution >= 0.6 is 11.8 Å². The largest absolute Gasteiger partial charge is 0.480 e. The molecule has 4 N–H and O–H groups in total. The fourth-order valence-corrected chi connectivity index (χ4v) is 5.86. The van der Waals surface area contributed by atoms with Crippen molar-refractivity contribution in [3.63, 3.8) is 0 Å². The van der Waals surface area contributed by atoms with Gasteiger partial charge in [-0.15, -0.1) is 0 Å². The maximum atomic E-state index is 12.6. The van der Waals surface area contributed by atoms with Crippen molar-refractivity contribution in [1.82, 2.24) is 20.6 Å². The van der Waals surface area contributed by atoms with E-state index in [0.717, 1.165) is 44.6 Å². The summed E-state index contributed by atoms with van der Waals surface area (Å²) in [6.07, 6.45) is 1.57. The van der Waals surface area contributed by atoms with E-state index in [1.54, 1.807) is 0 Å². The Hall–Kier alpha value is -4.97. The molecule has 2 amide bonds. The SMILES string of the molecule is CN(C)c1ccc(-c2nc(SCCCC(=O)N[C@@H](CCCCNC(=O)OCc3ccccc3)C(=O)O)[nH]c2-c2ccc(N(C)C)cc2)cc1. The first-order valence-corrected chi connectivity index (χ1v) is 17.3. The van der Waals surface area contributed by atoms with Gasteiger partial charge in [0.2, 0.25) is 5.91 Å². The summed E-state index contributed by atoms with van der Waals surface area (Å²) in [7, 11) is 8.03. The normalized spacial score (nSPS) is 11.4. The Morgan fingerprint density at radius 3 is 2.10 bits per heavy atom. The highest BCUT2D eigenvalue weighted by molar-refractivity contribution is 7.99. The molecule has 0 saturated carbocycles. The molecule has 3 aromatic carbocycles. The van der Waals surface area contributed by atoms with Gasteiger partial charge in [0.25, 0.3) is 0 Å². The third-order valence-corrected chi connectivity index (χ3v) is 8.79. The number of carboxylic acid groups (broad SMARTS) is 1. The molecule has 0 fully saturated rings. The number of unbranched alkanes of at least 4 members (excludes halogenated alkanes) is 1. The number of carbonyl (C=O) groups is 3. The van der Waals surface area contributed by atoms with Crippen molar-refractivity contribution >= 4 is 41.1 Å². The molecule has 260 valence electrons. The predicted molar refractivity (Wildman–Crippen MR) is 196 cm³/mol. The summed E-state index contributed by atoms with van der Waals surface area (Å²) in [5, 5.41) is 15.7. The van der Waals surface area contributed by atoms with Gasteiger partial charge in [-0.25, -0.2) is 14.6 Å². The maximum Gasteiger partial charge on any atom is 0.407 e. The van der Waals surface area contributed by atoms with E-state index in [9.17, 15) is 19.5 Å². The lowest BCUT2D eigenvalue weighted by Gasteiger charge is -2.14. The van der Waals surface area contributed by atoms with Crippen molar-refractivity contribution in [1.29, 1.82) is 0 Å². The second-order valence-corrected chi connectivity index (χ2v) is 13.1. The number of thioether (sulfide) groups is 1. The lowest BCUT2D eigenvalue weighted by Crippen LogP contribution is -2.40. The van der Waals surface area contributed by atoms with Crippen LogP contribution in [-0.2, 0) is 20.9 Å². The number of H-pyrrole nitrogens is 1. The summed E-state index contributed by atoms with van der Waals surface area (Å²) in [5.74, 6) is -0.757. The quantitative estimate of drug-likeness (QED) is 0.0690. The minimum atomic E-state index is -1.08. The number of carboxylic acids is 1. The van der Waals surface area contributed by atoms with E-state index in [0.29, 0.717) is 31.6 Å². The number of imidazole rings is 1. The van der Waals surface area contributed by atoms with Crippen molar-refractivity contribution in [3.05, 3.63) is 84.4 Å². The van der Waals surface area contributed by atoms with Crippen LogP contribution in [0.4, 0.5) is 16.2 Å². The number of hydrogen-bond donors (Lipinski definition) is 4. The summed E-state index contributed by atoms with van der Waals surface area (Å²) in [6.45, 7) is 0.531. The molecule has 4 rings (SSSR count). The first-order chi connectivity index (χ1) is 23.6. The molecule has 0 aliphatic rings. The molecule has 0 bridgehead atoms. The Labute approximate surface area is 292 Å². The highest BCUT2D eigenvalue weighted by atomic mass is 32.2. The molecular weight excluding hydrogens is 641 g/mol. The number of ether oxygens (including phenoxy) is 1. The Morgan fingerprint density at radius 1 is 0.857 bits per heavy atom. The zero-order chi connectivity index (χ0) is 35.2. The van der Waals surface area contributed by atoms with Gasteiger partial charge in [-0.05, 0) is 55.5 Å². The van der Waals surface area contributed by atoms with Gasteiger partial charge >= 0.3 is 12.1 Å². The number of aliphatic carboxylic acids is 1. The van der Waals surface area contributed by atoms with E-state index < -0.39 is 18.1 Å². The van der Waals surface area contributed by atoms with Crippen LogP contribution in [0, 0.1) is 0 Å². The average molecular weight is 687 g/mol. The topological polar surface area (TPSA) is 140 Å². The van der Waals surface area contributed by atoms with Crippen LogP contribution in [0.15, 0.2) is 84.0 Å². The van der Waals surface area contributed by atoms with Crippen molar-refractivity contribution in [3.8, 4) is 22.5 Å². The number of hydrogen-bond acceptors (Lipinski definition) is 8. The fourth-order valence-electron chi connectivity index (χ4n) is 5.04. The van der Waals surface area contributed by atoms with E-state index in [1.165, 1.54) is 11.8 Å². The van der Waals surface area contributed by atoms with Gasteiger partial charge in [0.15, 0.2) is 5.16 Å². The first kappa shape index (κ1) is 36.9. The molecule has 0 radical (unpaired) electrons. The Kier molecular flexibility index (Phi) is 13.9. The number of amides is 2. The minimum absolute atomic E-state index is 0.180. The van der Waals surface area contributed by atoms with Crippen LogP contribution in [-0.4, -0.2) is 79.6 Å². The number of nitrogens with one attached hydrogen (secondary N) is 3. The summed E-state index contributed by atoms with van der Waals surface area (Å²) >= 11 is 1.53. The molecule has 4 aromatic rings. The maximum absolute atomic E-state index is 12.6. The minimum Gasteiger partial charge on any atom is -0.480 e. The van der Waals surface area contributed by atoms with E-state index in [4.69, 9.17) is 9.72 Å². The van der Waals surface area contributed by atoms with Gasteiger partial charge in [0, 0.05) is 69.4 Å². The monoisotopic (exact) mass is 686 g/mol. The second-order valence-electron chi connectivity index (χ2n) is 12.0. The molecule has 0 aliphatic carbocycles. The number of carbonyl (C=O) groups excluding carboxylic acids is 2. The van der Waals surface area contributed by atoms with E-state index >= 15 is 0 Å². The molecule has 12 heteroatoms. The Bertz CT molecular complexity index is 1570. The number of anilines is 2. The number of aromatic amines is 1. The third-order valence-electron chi connectivity index (χ3n) is 7.83. The van der Waals surface area contributed by atoms with Crippen molar-refractivity contribution in [2.45, 2.75) is 49.9 Å². The molecular formula is C37H46N6O5S. The fraction of sp³-hybridized carbons (Fsp3) is 0.351. The standard InChI is InChI=1S/C37H46N6O5S/c1-42(2)29-19-15-27(16-20-29)33-34(28-17-21-30(22-18-28)43(3)4)41-36(40-33)49-24-10-14-32(44)39-31(35(45)46)13-8-9-23-38-37(47)48-25-26-11-6-5-7-12-26/h5-7,11-12,15-22,31H,8-10,13-14,23-25H2,1-4H3,(H,38,47)(H,39,44)(H,40,41)(H,45,46)/t31-/m0/s1. The number of benzene rings is 3. The molecule has 0 aliphatic heterocycles. The molecule has 1 aromatic heterocycles. The molecule has 11 nitrogen and oxygen atoms in total. The van der Waals surface area contributed by atoms with Crippen LogP contribution in [0.2, 0.25) is 0 Å². The number of alkyl carbamates (subject to hydrolysis) is 1. The third kappa shape index (κ3) is 11.6. The van der Waals surface area contributed by atoms with Gasteiger partial charge < -0.3 is 35.3 Å². The average Bonchev–Trinajstić information content (AvgIpc) is 3.53. The van der Waals surface area contributed by atoms with Crippen molar-refractivity contribution in [2.75, 3.05) is 50.3 Å². The molecule has 0 unspecified atom stereocenters. The zero-order valence-electron chi connectivity index (χ0n) is 28.6. The van der Waals surface area contributed by atoms with Crippen LogP contribution in [0.25, 0.3) is 22.5 Å². The molecule has 49 heavy (non-hydrogen) atoms. The summed E-state index contributed by atoms with van der Waals surface area (Å²) in [4.78, 5) is 48.8. The predicted octanol–water partition coefficient (Wildman–Crippen LogP) is 6.41. The highest BCUT2D eigenvalue weighted by Crippen LogP contribution is 2.34. The van der Waals surface area contributed by atoms with E-state index in [1.807, 2.05) is 58.5 Å². The van der Waals surface area contributed by atoms with Crippen LogP contribution < -0.4 is 20.4 Å². The lowest BCUT2D eigenvalue weighted by molar-refractivity contribution is -0.142. The van der Waals surface area contributed by atoms with Gasteiger partial charge in [0.1, 0.15) is 12.6 Å². The number of rotatable bonds is 18. The summed E-state index contributed by atoms with van der Waals surface area (Å²) in [6, 6.07) is 25.0. The molecule has 1 heterocycles. The lowest BCUT2D eigenvalue weighted by atomic mass is 10.0. The second kappa shape index (κ2) is 18.5. The Morgan fingerprint density at radius 2 is 1.49 bits per heavy atom. The van der Waals surface area contributed by atoms with Gasteiger partial charge in [0.05, 0.1) is 11.4 Å². The molecule has 0 spiro atoms. The van der Waals surface area contributed by atoms with Gasteiger partial charge in [-0.1, -0.05) is 66.4 Å². The smallest absolute Gasteiger partial charge is 0.407 e. The number of nitrogens with zero attached hydrogens (tertiary/aromatic N) is 3. The Balaban J connectivity index is 1.24.